The molecule has 0 unspecified atom stereocenters. The van der Waals surface area contributed by atoms with Crippen molar-refractivity contribution < 1.29 is 8.42 Å². The van der Waals surface area contributed by atoms with Gasteiger partial charge < -0.3 is 0 Å². The SMILES string of the molecule is CCCS(=O)(=O)CCn1cnc(Cl)c(Br)c1=O. The van der Waals surface area contributed by atoms with Crippen LogP contribution in [-0.2, 0) is 16.4 Å². The third-order valence-corrected chi connectivity index (χ3v) is 5.16. The van der Waals surface area contributed by atoms with Gasteiger partial charge in [0.05, 0.1) is 12.1 Å². The molecule has 0 radical (unpaired) electrons. The van der Waals surface area contributed by atoms with Crippen LogP contribution < -0.4 is 5.56 Å². The number of nitrogens with zero attached hydrogens (tertiary/aromatic N) is 2. The number of sulfone groups is 1. The van der Waals surface area contributed by atoms with Gasteiger partial charge in [-0.25, -0.2) is 13.4 Å². The molecule has 1 rings (SSSR count). The van der Waals surface area contributed by atoms with Crippen molar-refractivity contribution in [3.05, 3.63) is 26.3 Å². The molecule has 0 aliphatic rings. The molecule has 96 valence electrons. The van der Waals surface area contributed by atoms with Crippen molar-refractivity contribution >= 4 is 37.4 Å². The number of halogens is 2. The second kappa shape index (κ2) is 5.97. The summed E-state index contributed by atoms with van der Waals surface area (Å²) in [5, 5.41) is 0.0719. The number of rotatable bonds is 5. The van der Waals surface area contributed by atoms with Crippen molar-refractivity contribution in [3.63, 3.8) is 0 Å². The lowest BCUT2D eigenvalue weighted by atomic mass is 10.6. The van der Waals surface area contributed by atoms with Crippen LogP contribution in [0.25, 0.3) is 0 Å². The van der Waals surface area contributed by atoms with Gasteiger partial charge in [0, 0.05) is 12.3 Å². The van der Waals surface area contributed by atoms with E-state index >= 15 is 0 Å². The molecule has 0 bridgehead atoms. The number of aryl methyl sites for hydroxylation is 1. The van der Waals surface area contributed by atoms with E-state index in [1.54, 1.807) is 6.92 Å². The van der Waals surface area contributed by atoms with E-state index in [0.717, 1.165) is 0 Å². The summed E-state index contributed by atoms with van der Waals surface area (Å²) in [6.07, 6.45) is 1.82. The van der Waals surface area contributed by atoms with Gasteiger partial charge >= 0.3 is 0 Å². The van der Waals surface area contributed by atoms with Crippen LogP contribution in [0.3, 0.4) is 0 Å². The molecule has 0 atom stereocenters. The van der Waals surface area contributed by atoms with Crippen molar-refractivity contribution in [3.8, 4) is 0 Å². The highest BCUT2D eigenvalue weighted by molar-refractivity contribution is 9.10. The van der Waals surface area contributed by atoms with E-state index in [2.05, 4.69) is 20.9 Å². The summed E-state index contributed by atoms with van der Waals surface area (Å²) in [4.78, 5) is 15.4. The predicted molar refractivity (Wildman–Crippen MR) is 70.2 cm³/mol. The Morgan fingerprint density at radius 1 is 1.47 bits per heavy atom. The molecule has 0 fully saturated rings. The van der Waals surface area contributed by atoms with Crippen LogP contribution in [0.4, 0.5) is 0 Å². The minimum atomic E-state index is -3.11. The molecular formula is C9H12BrClN2O3S. The van der Waals surface area contributed by atoms with Gasteiger partial charge in [-0.2, -0.15) is 0 Å². The number of hydrogen-bond acceptors (Lipinski definition) is 4. The molecule has 0 amide bonds. The molecular weight excluding hydrogens is 332 g/mol. The molecule has 8 heteroatoms. The lowest BCUT2D eigenvalue weighted by Gasteiger charge is -2.06. The Hall–Kier alpha value is -0.400. The summed E-state index contributed by atoms with van der Waals surface area (Å²) in [5.41, 5.74) is -0.378. The highest BCUT2D eigenvalue weighted by Gasteiger charge is 2.12. The molecule has 0 saturated heterocycles. The van der Waals surface area contributed by atoms with Crippen molar-refractivity contribution in [1.82, 2.24) is 9.55 Å². The van der Waals surface area contributed by atoms with E-state index in [1.807, 2.05) is 0 Å². The first-order valence-electron chi connectivity index (χ1n) is 4.98. The highest BCUT2D eigenvalue weighted by atomic mass is 79.9. The normalized spacial score (nSPS) is 11.7. The molecule has 0 saturated carbocycles. The Labute approximate surface area is 113 Å². The first-order valence-corrected chi connectivity index (χ1v) is 7.97. The van der Waals surface area contributed by atoms with E-state index in [-0.39, 0.29) is 33.2 Å². The molecule has 17 heavy (non-hydrogen) atoms. The minimum Gasteiger partial charge on any atom is -0.297 e. The van der Waals surface area contributed by atoms with E-state index in [9.17, 15) is 13.2 Å². The lowest BCUT2D eigenvalue weighted by Crippen LogP contribution is -2.25. The van der Waals surface area contributed by atoms with Gasteiger partial charge in [-0.3, -0.25) is 9.36 Å². The van der Waals surface area contributed by atoms with Crippen molar-refractivity contribution in [2.24, 2.45) is 0 Å². The number of hydrogen-bond donors (Lipinski definition) is 0. The Morgan fingerprint density at radius 2 is 2.12 bits per heavy atom. The summed E-state index contributed by atoms with van der Waals surface area (Å²) in [6, 6.07) is 0. The second-order valence-electron chi connectivity index (χ2n) is 3.50. The van der Waals surface area contributed by atoms with Crippen LogP contribution >= 0.6 is 27.5 Å². The summed E-state index contributed by atoms with van der Waals surface area (Å²) < 4.78 is 24.4. The van der Waals surface area contributed by atoms with Crippen LogP contribution in [-0.4, -0.2) is 29.5 Å². The smallest absolute Gasteiger partial charge is 0.269 e. The zero-order chi connectivity index (χ0) is 13.1. The zero-order valence-corrected chi connectivity index (χ0v) is 12.3. The van der Waals surface area contributed by atoms with Crippen molar-refractivity contribution in [2.45, 2.75) is 19.9 Å². The fraction of sp³-hybridized carbons (Fsp3) is 0.556. The third-order valence-electron chi connectivity index (χ3n) is 2.10. The van der Waals surface area contributed by atoms with Gasteiger partial charge in [0.1, 0.15) is 4.47 Å². The highest BCUT2D eigenvalue weighted by Crippen LogP contribution is 2.13. The first-order chi connectivity index (χ1) is 7.87. The topological polar surface area (TPSA) is 69.0 Å². The quantitative estimate of drug-likeness (QED) is 0.760. The van der Waals surface area contributed by atoms with E-state index in [4.69, 9.17) is 11.6 Å². The molecule has 1 aromatic heterocycles. The van der Waals surface area contributed by atoms with E-state index < -0.39 is 9.84 Å². The molecule has 0 aliphatic heterocycles. The van der Waals surface area contributed by atoms with Crippen LogP contribution in [0, 0.1) is 0 Å². The van der Waals surface area contributed by atoms with Crippen LogP contribution in [0.15, 0.2) is 15.6 Å². The minimum absolute atomic E-state index is 0.0719. The van der Waals surface area contributed by atoms with Gasteiger partial charge in [0.25, 0.3) is 5.56 Å². The Morgan fingerprint density at radius 3 is 2.71 bits per heavy atom. The van der Waals surface area contributed by atoms with Gasteiger partial charge in [-0.15, -0.1) is 0 Å². The Kier molecular flexibility index (Phi) is 5.15. The fourth-order valence-electron chi connectivity index (χ4n) is 1.25. The van der Waals surface area contributed by atoms with Gasteiger partial charge in [-0.05, 0) is 22.4 Å². The van der Waals surface area contributed by atoms with Gasteiger partial charge in [0.15, 0.2) is 15.0 Å². The Bertz CT molecular complexity index is 556. The third kappa shape index (κ3) is 4.08. The summed E-state index contributed by atoms with van der Waals surface area (Å²) in [7, 11) is -3.11. The lowest BCUT2D eigenvalue weighted by molar-refractivity contribution is 0.584. The maximum absolute atomic E-state index is 11.7. The standard InChI is InChI=1S/C9H12BrClN2O3S/c1-2-4-17(15,16)5-3-13-6-12-8(11)7(10)9(13)14/h6H,2-5H2,1H3. The van der Waals surface area contributed by atoms with Crippen molar-refractivity contribution in [2.75, 3.05) is 11.5 Å². The molecule has 0 aromatic carbocycles. The molecule has 0 aliphatic carbocycles. The maximum Gasteiger partial charge on any atom is 0.269 e. The largest absolute Gasteiger partial charge is 0.297 e. The predicted octanol–water partition coefficient (Wildman–Crippen LogP) is 1.48. The number of aromatic nitrogens is 2. The van der Waals surface area contributed by atoms with Gasteiger partial charge in [-0.1, -0.05) is 18.5 Å². The van der Waals surface area contributed by atoms with E-state index in [1.165, 1.54) is 10.9 Å². The molecule has 1 aromatic rings. The zero-order valence-electron chi connectivity index (χ0n) is 9.19. The van der Waals surface area contributed by atoms with Crippen LogP contribution in [0.5, 0.6) is 0 Å². The summed E-state index contributed by atoms with van der Waals surface area (Å²) >= 11 is 8.64. The maximum atomic E-state index is 11.7. The van der Waals surface area contributed by atoms with Crippen molar-refractivity contribution in [1.29, 1.82) is 0 Å². The molecule has 0 spiro atoms. The summed E-state index contributed by atoms with van der Waals surface area (Å²) in [6.45, 7) is 1.88. The average Bonchev–Trinajstić information content (AvgIpc) is 2.25. The first kappa shape index (κ1) is 14.7. The second-order valence-corrected chi connectivity index (χ2v) is 6.95. The monoisotopic (exact) mass is 342 g/mol. The average molecular weight is 344 g/mol. The van der Waals surface area contributed by atoms with E-state index in [0.29, 0.717) is 6.42 Å². The van der Waals surface area contributed by atoms with Gasteiger partial charge in [0.2, 0.25) is 0 Å². The van der Waals surface area contributed by atoms with Crippen LogP contribution in [0.1, 0.15) is 13.3 Å². The molecule has 5 nitrogen and oxygen atoms in total. The fourth-order valence-corrected chi connectivity index (χ4v) is 3.01. The molecule has 1 heterocycles. The Balaban J connectivity index is 2.85. The molecule has 0 N–H and O–H groups in total. The summed E-state index contributed by atoms with van der Waals surface area (Å²) in [5.74, 6) is 0.0560. The van der Waals surface area contributed by atoms with Crippen LogP contribution in [0.2, 0.25) is 5.15 Å².